The number of nitrogens with zero attached hydrogens (tertiary/aromatic N) is 2. The lowest BCUT2D eigenvalue weighted by Gasteiger charge is -2.33. The van der Waals surface area contributed by atoms with Crippen molar-refractivity contribution in [1.82, 2.24) is 9.21 Å². The monoisotopic (exact) mass is 500 g/mol. The van der Waals surface area contributed by atoms with Crippen molar-refractivity contribution in [1.29, 1.82) is 0 Å². The fraction of sp³-hybridized carbons (Fsp3) is 0.429. The number of ether oxygens (including phenoxy) is 1. The van der Waals surface area contributed by atoms with Gasteiger partial charge in [0.2, 0.25) is 0 Å². The van der Waals surface area contributed by atoms with Gasteiger partial charge in [-0.25, -0.2) is 4.31 Å². The maximum atomic E-state index is 12.7. The van der Waals surface area contributed by atoms with E-state index in [0.29, 0.717) is 6.10 Å². The Bertz CT molecular complexity index is 1120. The summed E-state index contributed by atoms with van der Waals surface area (Å²) in [5.74, 6) is 0.970. The molecule has 0 N–H and O–H groups in total. The summed E-state index contributed by atoms with van der Waals surface area (Å²) in [6.07, 6.45) is 1.73. The summed E-state index contributed by atoms with van der Waals surface area (Å²) >= 11 is 1.80. The highest BCUT2D eigenvalue weighted by molar-refractivity contribution is 7.97. The van der Waals surface area contributed by atoms with Crippen LogP contribution >= 0.6 is 11.9 Å². The van der Waals surface area contributed by atoms with E-state index in [-0.39, 0.29) is 0 Å². The van der Waals surface area contributed by atoms with Gasteiger partial charge < -0.3 is 9.64 Å². The van der Waals surface area contributed by atoms with Gasteiger partial charge in [0.15, 0.2) is 0 Å². The number of alkyl halides is 3. The van der Waals surface area contributed by atoms with E-state index in [4.69, 9.17) is 4.74 Å². The van der Waals surface area contributed by atoms with E-state index in [9.17, 15) is 13.2 Å². The summed E-state index contributed by atoms with van der Waals surface area (Å²) in [7, 11) is 0. The van der Waals surface area contributed by atoms with Gasteiger partial charge in [-0.3, -0.25) is 0 Å². The minimum absolute atomic E-state index is 0.371. The van der Waals surface area contributed by atoms with Crippen molar-refractivity contribution in [2.75, 3.05) is 32.7 Å². The van der Waals surface area contributed by atoms with Crippen LogP contribution in [0.2, 0.25) is 0 Å². The molecule has 0 spiro atoms. The molecular formula is C28H31F3N2OS. The first kappa shape index (κ1) is 24.5. The van der Waals surface area contributed by atoms with Crippen molar-refractivity contribution in [2.45, 2.75) is 49.3 Å². The Balaban J connectivity index is 1.09. The highest BCUT2D eigenvalue weighted by atomic mass is 32.2. The SMILES string of the molecule is FC(F)(F)c1ccc(CCN2CCN(Sc3ccc4cc(OC5CCCC5)ccc4c3)CC2)cc1. The second-order valence-corrected chi connectivity index (χ2v) is 10.7. The third-order valence-electron chi connectivity index (χ3n) is 6.95. The fourth-order valence-corrected chi connectivity index (χ4v) is 5.82. The molecule has 0 atom stereocenters. The Morgan fingerprint density at radius 2 is 1.51 bits per heavy atom. The first-order chi connectivity index (χ1) is 16.9. The number of hydrogen-bond acceptors (Lipinski definition) is 4. The molecule has 186 valence electrons. The van der Waals surface area contributed by atoms with Crippen molar-refractivity contribution in [2.24, 2.45) is 0 Å². The number of fused-ring (bicyclic) bond motifs is 1. The van der Waals surface area contributed by atoms with Crippen molar-refractivity contribution < 1.29 is 17.9 Å². The Hall–Kier alpha value is -2.22. The molecule has 35 heavy (non-hydrogen) atoms. The first-order valence-electron chi connectivity index (χ1n) is 12.4. The molecule has 2 fully saturated rings. The van der Waals surface area contributed by atoms with Crippen molar-refractivity contribution in [3.63, 3.8) is 0 Å². The molecule has 1 heterocycles. The third kappa shape index (κ3) is 6.51. The van der Waals surface area contributed by atoms with Gasteiger partial charge in [0.25, 0.3) is 0 Å². The number of benzene rings is 3. The maximum Gasteiger partial charge on any atom is 0.416 e. The van der Waals surface area contributed by atoms with Crippen LogP contribution in [0.25, 0.3) is 10.8 Å². The molecule has 1 saturated carbocycles. The van der Waals surface area contributed by atoms with E-state index < -0.39 is 11.7 Å². The summed E-state index contributed by atoms with van der Waals surface area (Å²) < 4.78 is 46.7. The van der Waals surface area contributed by atoms with Gasteiger partial charge in [0, 0.05) is 37.6 Å². The van der Waals surface area contributed by atoms with Gasteiger partial charge in [-0.1, -0.05) is 24.3 Å². The molecule has 0 bridgehead atoms. The van der Waals surface area contributed by atoms with E-state index in [0.717, 1.165) is 63.3 Å². The average molecular weight is 501 g/mol. The first-order valence-corrected chi connectivity index (χ1v) is 13.2. The van der Waals surface area contributed by atoms with Gasteiger partial charge in [-0.2, -0.15) is 13.2 Å². The van der Waals surface area contributed by atoms with Crippen molar-refractivity contribution in [3.05, 3.63) is 71.8 Å². The normalized spacial score (nSPS) is 18.4. The summed E-state index contributed by atoms with van der Waals surface area (Å²) in [5, 5.41) is 2.43. The molecule has 2 aliphatic rings. The lowest BCUT2D eigenvalue weighted by atomic mass is 10.1. The minimum Gasteiger partial charge on any atom is -0.490 e. The molecule has 3 aromatic rings. The van der Waals surface area contributed by atoms with E-state index >= 15 is 0 Å². The van der Waals surface area contributed by atoms with Gasteiger partial charge in [-0.15, -0.1) is 0 Å². The summed E-state index contributed by atoms with van der Waals surface area (Å²) in [6.45, 7) is 4.71. The molecule has 0 unspecified atom stereocenters. The Morgan fingerprint density at radius 1 is 0.829 bits per heavy atom. The van der Waals surface area contributed by atoms with Crippen LogP contribution in [0.5, 0.6) is 5.75 Å². The molecule has 0 aromatic heterocycles. The van der Waals surface area contributed by atoms with Crippen LogP contribution in [0, 0.1) is 0 Å². The van der Waals surface area contributed by atoms with Crippen LogP contribution < -0.4 is 4.74 Å². The quantitative estimate of drug-likeness (QED) is 0.323. The fourth-order valence-electron chi connectivity index (χ4n) is 4.87. The van der Waals surface area contributed by atoms with Crippen molar-refractivity contribution in [3.8, 4) is 5.75 Å². The van der Waals surface area contributed by atoms with E-state index in [2.05, 4.69) is 45.6 Å². The van der Waals surface area contributed by atoms with Gasteiger partial charge in [-0.05, 0) is 96.8 Å². The minimum atomic E-state index is -4.27. The molecule has 3 nitrogen and oxygen atoms in total. The molecule has 7 heteroatoms. The zero-order chi connectivity index (χ0) is 24.3. The zero-order valence-electron chi connectivity index (χ0n) is 19.8. The number of piperazine rings is 1. The molecular weight excluding hydrogens is 469 g/mol. The van der Waals surface area contributed by atoms with Crippen LogP contribution in [0.1, 0.15) is 36.8 Å². The summed E-state index contributed by atoms with van der Waals surface area (Å²) in [4.78, 5) is 3.63. The highest BCUT2D eigenvalue weighted by Crippen LogP contribution is 2.31. The third-order valence-corrected chi connectivity index (χ3v) is 8.04. The number of halogens is 3. The average Bonchev–Trinajstić information content (AvgIpc) is 3.36. The van der Waals surface area contributed by atoms with Crippen LogP contribution in [0.15, 0.2) is 65.6 Å². The van der Waals surface area contributed by atoms with Gasteiger partial charge in [0.1, 0.15) is 5.75 Å². The topological polar surface area (TPSA) is 15.7 Å². The second-order valence-electron chi connectivity index (χ2n) is 9.50. The van der Waals surface area contributed by atoms with E-state index in [1.165, 1.54) is 40.6 Å². The Kier molecular flexibility index (Phi) is 7.56. The van der Waals surface area contributed by atoms with Crippen LogP contribution in [0.4, 0.5) is 13.2 Å². The molecule has 1 saturated heterocycles. The molecule has 5 rings (SSSR count). The molecule has 3 aromatic carbocycles. The second kappa shape index (κ2) is 10.8. The number of rotatable bonds is 7. The summed E-state index contributed by atoms with van der Waals surface area (Å²) in [5.41, 5.74) is 0.362. The molecule has 0 radical (unpaired) electrons. The zero-order valence-corrected chi connectivity index (χ0v) is 20.6. The standard InChI is InChI=1S/C28H31F3N2OS/c29-28(30,31)24-9-5-21(6-10-24)13-14-32-15-17-33(18-16-32)35-27-12-8-22-19-26(11-7-23(22)20-27)34-25-3-1-2-4-25/h5-12,19-20,25H,1-4,13-18H2. The lowest BCUT2D eigenvalue weighted by molar-refractivity contribution is -0.137. The number of hydrogen-bond donors (Lipinski definition) is 0. The molecule has 1 aliphatic carbocycles. The smallest absolute Gasteiger partial charge is 0.416 e. The van der Waals surface area contributed by atoms with E-state index in [1.54, 1.807) is 24.1 Å². The Labute approximate surface area is 209 Å². The van der Waals surface area contributed by atoms with Crippen LogP contribution in [-0.4, -0.2) is 48.0 Å². The van der Waals surface area contributed by atoms with E-state index in [1.807, 2.05) is 0 Å². The lowest BCUT2D eigenvalue weighted by Crippen LogP contribution is -2.44. The molecule has 0 amide bonds. The Morgan fingerprint density at radius 3 is 2.23 bits per heavy atom. The van der Waals surface area contributed by atoms with Crippen LogP contribution in [-0.2, 0) is 12.6 Å². The predicted octanol–water partition coefficient (Wildman–Crippen LogP) is 7.05. The molecule has 1 aliphatic heterocycles. The summed E-state index contributed by atoms with van der Waals surface area (Å²) in [6, 6.07) is 18.6. The largest absolute Gasteiger partial charge is 0.490 e. The highest BCUT2D eigenvalue weighted by Gasteiger charge is 2.30. The van der Waals surface area contributed by atoms with Crippen LogP contribution in [0.3, 0.4) is 0 Å². The maximum absolute atomic E-state index is 12.7. The van der Waals surface area contributed by atoms with Crippen molar-refractivity contribution >= 4 is 22.7 Å². The predicted molar refractivity (Wildman–Crippen MR) is 136 cm³/mol. The van der Waals surface area contributed by atoms with Gasteiger partial charge >= 0.3 is 6.18 Å². The van der Waals surface area contributed by atoms with Gasteiger partial charge in [0.05, 0.1) is 11.7 Å².